The highest BCUT2D eigenvalue weighted by Gasteiger charge is 2.21. The average Bonchev–Trinajstić information content (AvgIpc) is 2.75. The van der Waals surface area contributed by atoms with Gasteiger partial charge in [-0.1, -0.05) is 12.1 Å². The van der Waals surface area contributed by atoms with Gasteiger partial charge in [-0.25, -0.2) is 9.97 Å². The summed E-state index contributed by atoms with van der Waals surface area (Å²) < 4.78 is 5.50. The lowest BCUT2D eigenvalue weighted by molar-refractivity contribution is 0.0755. The fraction of sp³-hybridized carbons (Fsp3) is 0.450. The molecule has 148 valence electrons. The molecular formula is C20H26N6O2. The van der Waals surface area contributed by atoms with Crippen molar-refractivity contribution >= 4 is 17.4 Å². The van der Waals surface area contributed by atoms with Gasteiger partial charge in [-0.05, 0) is 49.5 Å². The van der Waals surface area contributed by atoms with E-state index in [2.05, 4.69) is 38.1 Å². The number of ether oxygens (including phenoxy) is 1. The van der Waals surface area contributed by atoms with Crippen LogP contribution in [0, 0.1) is 0 Å². The Morgan fingerprint density at radius 1 is 1.18 bits per heavy atom. The highest BCUT2D eigenvalue weighted by atomic mass is 16.5. The molecule has 2 aromatic rings. The molecule has 1 amide bonds. The summed E-state index contributed by atoms with van der Waals surface area (Å²) in [6.45, 7) is 4.08. The first-order chi connectivity index (χ1) is 13.7. The van der Waals surface area contributed by atoms with Crippen molar-refractivity contribution in [2.75, 3.05) is 38.2 Å². The maximum absolute atomic E-state index is 11.8. The van der Waals surface area contributed by atoms with Crippen molar-refractivity contribution in [2.24, 2.45) is 5.73 Å². The molecule has 1 atom stereocenters. The largest absolute Gasteiger partial charge is 0.378 e. The van der Waals surface area contributed by atoms with Crippen LogP contribution in [0.15, 0.2) is 30.5 Å². The maximum Gasteiger partial charge on any atom is 0.271 e. The summed E-state index contributed by atoms with van der Waals surface area (Å²) in [7, 11) is 0. The van der Waals surface area contributed by atoms with Gasteiger partial charge in [0.05, 0.1) is 31.1 Å². The number of aromatic nitrogens is 2. The molecule has 3 heterocycles. The number of amides is 1. The molecule has 1 unspecified atom stereocenters. The van der Waals surface area contributed by atoms with E-state index in [1.807, 2.05) is 12.1 Å². The molecule has 2 aliphatic rings. The number of hydrogen-bond donors (Lipinski definition) is 4. The summed E-state index contributed by atoms with van der Waals surface area (Å²) in [5.74, 6) is 0.352. The third-order valence-electron chi connectivity index (χ3n) is 5.29. The van der Waals surface area contributed by atoms with Gasteiger partial charge < -0.3 is 26.4 Å². The second-order valence-electron chi connectivity index (χ2n) is 7.21. The Morgan fingerprint density at radius 2 is 1.96 bits per heavy atom. The van der Waals surface area contributed by atoms with Gasteiger partial charge in [-0.2, -0.15) is 0 Å². The van der Waals surface area contributed by atoms with Gasteiger partial charge in [0.2, 0.25) is 0 Å². The molecule has 28 heavy (non-hydrogen) atoms. The van der Waals surface area contributed by atoms with Crippen molar-refractivity contribution in [1.82, 2.24) is 20.6 Å². The number of rotatable bonds is 5. The second kappa shape index (κ2) is 8.64. The molecule has 0 aliphatic carbocycles. The van der Waals surface area contributed by atoms with Crippen LogP contribution in [0.5, 0.6) is 0 Å². The minimum Gasteiger partial charge on any atom is -0.378 e. The zero-order valence-corrected chi connectivity index (χ0v) is 15.8. The van der Waals surface area contributed by atoms with Gasteiger partial charge in [0.15, 0.2) is 11.5 Å². The Hall–Kier alpha value is -2.55. The van der Waals surface area contributed by atoms with E-state index in [0.717, 1.165) is 43.9 Å². The number of anilines is 2. The van der Waals surface area contributed by atoms with Crippen molar-refractivity contribution in [3.05, 3.63) is 47.4 Å². The van der Waals surface area contributed by atoms with Crippen molar-refractivity contribution in [3.8, 4) is 0 Å². The van der Waals surface area contributed by atoms with Crippen molar-refractivity contribution in [2.45, 2.75) is 24.8 Å². The van der Waals surface area contributed by atoms with Gasteiger partial charge >= 0.3 is 0 Å². The predicted octanol–water partition coefficient (Wildman–Crippen LogP) is 1.45. The molecule has 1 aromatic carbocycles. The van der Waals surface area contributed by atoms with Crippen LogP contribution in [0.3, 0.4) is 0 Å². The molecule has 5 N–H and O–H groups in total. The van der Waals surface area contributed by atoms with Crippen LogP contribution in [-0.2, 0) is 4.74 Å². The highest BCUT2D eigenvalue weighted by Crippen LogP contribution is 2.27. The van der Waals surface area contributed by atoms with E-state index in [4.69, 9.17) is 10.5 Å². The first kappa shape index (κ1) is 18.8. The monoisotopic (exact) mass is 382 g/mol. The van der Waals surface area contributed by atoms with Crippen LogP contribution in [0.25, 0.3) is 0 Å². The standard InChI is InChI=1S/C20H26N6O2/c21-19(27)18-20(26-16(11-24-18)17-12-28-10-9-23-17)25-15-3-1-13(2-4-15)14-5-7-22-8-6-14/h1-4,11,14,17,22-23H,5-10,12H2,(H2,21,27)(H,25,26). The minimum absolute atomic E-state index is 0.0500. The summed E-state index contributed by atoms with van der Waals surface area (Å²) in [5, 5.41) is 9.94. The Morgan fingerprint density at radius 3 is 2.64 bits per heavy atom. The Labute approximate surface area is 164 Å². The van der Waals surface area contributed by atoms with Crippen molar-refractivity contribution in [1.29, 1.82) is 0 Å². The number of nitrogens with zero attached hydrogens (tertiary/aromatic N) is 2. The number of hydrogen-bond acceptors (Lipinski definition) is 7. The molecular weight excluding hydrogens is 356 g/mol. The Kier molecular flexibility index (Phi) is 5.80. The minimum atomic E-state index is -0.610. The maximum atomic E-state index is 11.8. The van der Waals surface area contributed by atoms with Gasteiger partial charge in [0.25, 0.3) is 5.91 Å². The number of carbonyl (C=O) groups excluding carboxylic acids is 1. The Bertz CT molecular complexity index is 814. The number of nitrogens with one attached hydrogen (secondary N) is 3. The number of piperidine rings is 1. The summed E-state index contributed by atoms with van der Waals surface area (Å²) in [6, 6.07) is 8.24. The van der Waals surface area contributed by atoms with E-state index < -0.39 is 5.91 Å². The Balaban J connectivity index is 1.54. The SMILES string of the molecule is NC(=O)c1ncc(C2COCCN2)nc1Nc1ccc(C2CCNCC2)cc1. The lowest BCUT2D eigenvalue weighted by atomic mass is 9.90. The molecule has 1 aromatic heterocycles. The van der Waals surface area contributed by atoms with Crippen molar-refractivity contribution < 1.29 is 9.53 Å². The second-order valence-corrected chi connectivity index (χ2v) is 7.21. The van der Waals surface area contributed by atoms with Gasteiger partial charge in [0.1, 0.15) is 0 Å². The van der Waals surface area contributed by atoms with Crippen LogP contribution < -0.4 is 21.7 Å². The van der Waals surface area contributed by atoms with E-state index in [1.54, 1.807) is 6.20 Å². The topological polar surface area (TPSA) is 114 Å². The van der Waals surface area contributed by atoms with Gasteiger partial charge in [-0.15, -0.1) is 0 Å². The van der Waals surface area contributed by atoms with Crippen LogP contribution in [-0.4, -0.2) is 48.7 Å². The van der Waals surface area contributed by atoms with E-state index in [9.17, 15) is 4.79 Å². The number of morpholine rings is 1. The molecule has 8 heteroatoms. The quantitative estimate of drug-likeness (QED) is 0.619. The first-order valence-corrected chi connectivity index (χ1v) is 9.76. The van der Waals surface area contributed by atoms with Crippen LogP contribution >= 0.6 is 0 Å². The van der Waals surface area contributed by atoms with Crippen LogP contribution in [0.1, 0.15) is 46.5 Å². The highest BCUT2D eigenvalue weighted by molar-refractivity contribution is 5.96. The van der Waals surface area contributed by atoms with Gasteiger partial charge in [0, 0.05) is 12.2 Å². The van der Waals surface area contributed by atoms with Gasteiger partial charge in [-0.3, -0.25) is 4.79 Å². The fourth-order valence-corrected chi connectivity index (χ4v) is 3.72. The molecule has 2 fully saturated rings. The summed E-state index contributed by atoms with van der Waals surface area (Å²) in [5.41, 5.74) is 8.52. The van der Waals surface area contributed by atoms with Crippen LogP contribution in [0.2, 0.25) is 0 Å². The molecule has 0 radical (unpaired) electrons. The molecule has 4 rings (SSSR count). The molecule has 2 saturated heterocycles. The fourth-order valence-electron chi connectivity index (χ4n) is 3.72. The summed E-state index contributed by atoms with van der Waals surface area (Å²) in [6.07, 6.45) is 3.89. The van der Waals surface area contributed by atoms with E-state index >= 15 is 0 Å². The molecule has 8 nitrogen and oxygen atoms in total. The lowest BCUT2D eigenvalue weighted by Gasteiger charge is -2.24. The normalized spacial score (nSPS) is 20.6. The van der Waals surface area contributed by atoms with Crippen LogP contribution in [0.4, 0.5) is 11.5 Å². The molecule has 0 saturated carbocycles. The number of carbonyl (C=O) groups is 1. The first-order valence-electron chi connectivity index (χ1n) is 9.76. The molecule has 2 aliphatic heterocycles. The molecule has 0 spiro atoms. The predicted molar refractivity (Wildman–Crippen MR) is 107 cm³/mol. The summed E-state index contributed by atoms with van der Waals surface area (Å²) >= 11 is 0. The summed E-state index contributed by atoms with van der Waals surface area (Å²) in [4.78, 5) is 20.6. The zero-order valence-electron chi connectivity index (χ0n) is 15.8. The van der Waals surface area contributed by atoms with E-state index in [0.29, 0.717) is 24.9 Å². The number of benzene rings is 1. The number of primary amides is 1. The molecule has 0 bridgehead atoms. The lowest BCUT2D eigenvalue weighted by Crippen LogP contribution is -2.35. The third-order valence-corrected chi connectivity index (χ3v) is 5.29. The van der Waals surface area contributed by atoms with E-state index in [1.165, 1.54) is 5.56 Å². The number of nitrogens with two attached hydrogens (primary N) is 1. The van der Waals surface area contributed by atoms with E-state index in [-0.39, 0.29) is 11.7 Å². The smallest absolute Gasteiger partial charge is 0.271 e. The zero-order chi connectivity index (χ0) is 19.3. The van der Waals surface area contributed by atoms with Crippen molar-refractivity contribution in [3.63, 3.8) is 0 Å². The average molecular weight is 382 g/mol. The third kappa shape index (κ3) is 4.30.